The van der Waals surface area contributed by atoms with Gasteiger partial charge in [0.05, 0.1) is 12.5 Å². The van der Waals surface area contributed by atoms with E-state index in [1.807, 2.05) is 0 Å². The third-order valence-electron chi connectivity index (χ3n) is 3.45. The Kier molecular flexibility index (Phi) is 5.63. The van der Waals surface area contributed by atoms with Crippen LogP contribution in [0, 0.1) is 0 Å². The van der Waals surface area contributed by atoms with Gasteiger partial charge in [-0.15, -0.1) is 0 Å². The minimum absolute atomic E-state index is 0.0114. The molecule has 2 aromatic carbocycles. The van der Waals surface area contributed by atoms with Crippen molar-refractivity contribution in [2.45, 2.75) is 6.18 Å². The number of carboxylic acid groups (broad SMARTS) is 1. The summed E-state index contributed by atoms with van der Waals surface area (Å²) in [6.45, 7) is -0.578. The lowest BCUT2D eigenvalue weighted by molar-refractivity contribution is -0.305. The predicted octanol–water partition coefficient (Wildman–Crippen LogP) is 1.40. The van der Waals surface area contributed by atoms with Crippen LogP contribution in [-0.4, -0.2) is 42.4 Å². The molecule has 0 atom stereocenters. The molecule has 0 radical (unpaired) electrons. The first-order valence-electron chi connectivity index (χ1n) is 7.06. The van der Waals surface area contributed by atoms with Gasteiger partial charge in [0.1, 0.15) is 10.6 Å². The molecule has 0 fully saturated rings. The fraction of sp³-hybridized carbons (Fsp3) is 0.200. The SMILES string of the molecule is CN(CC(=O)[O-])C(=S)c1cccc2c(C(F)(F)F)c(OS(=O)(=O)O)ccc12. The molecule has 1 N–H and O–H groups in total. The van der Waals surface area contributed by atoms with Crippen LogP contribution >= 0.6 is 12.2 Å². The summed E-state index contributed by atoms with van der Waals surface area (Å²) in [6, 6.07) is 5.55. The maximum absolute atomic E-state index is 13.5. The minimum atomic E-state index is -5.19. The molecule has 0 aliphatic heterocycles. The Hall–Kier alpha value is -2.44. The number of carbonyl (C=O) groups excluding carboxylic acids is 1. The Morgan fingerprint density at radius 1 is 1.26 bits per heavy atom. The first-order chi connectivity index (χ1) is 12.3. The highest BCUT2D eigenvalue weighted by molar-refractivity contribution is 7.81. The molecule has 2 aromatic rings. The highest BCUT2D eigenvalue weighted by atomic mass is 32.3. The molecule has 12 heteroatoms. The van der Waals surface area contributed by atoms with Gasteiger partial charge >= 0.3 is 16.6 Å². The lowest BCUT2D eigenvalue weighted by atomic mass is 9.98. The normalized spacial score (nSPS) is 12.0. The summed E-state index contributed by atoms with van der Waals surface area (Å²) in [4.78, 5) is 11.8. The predicted molar refractivity (Wildman–Crippen MR) is 90.5 cm³/mol. The van der Waals surface area contributed by atoms with Crippen molar-refractivity contribution in [2.24, 2.45) is 0 Å². The van der Waals surface area contributed by atoms with Crippen LogP contribution < -0.4 is 9.29 Å². The second kappa shape index (κ2) is 7.29. The Labute approximate surface area is 156 Å². The third kappa shape index (κ3) is 4.84. The Morgan fingerprint density at radius 2 is 1.89 bits per heavy atom. The second-order valence-electron chi connectivity index (χ2n) is 5.38. The van der Waals surface area contributed by atoms with Gasteiger partial charge in [0.2, 0.25) is 0 Å². The number of hydrogen-bond donors (Lipinski definition) is 1. The molecule has 7 nitrogen and oxygen atoms in total. The zero-order valence-electron chi connectivity index (χ0n) is 13.5. The van der Waals surface area contributed by atoms with Crippen molar-refractivity contribution in [2.75, 3.05) is 13.6 Å². The Balaban J connectivity index is 2.73. The molecular formula is C15H11F3NO6S2-. The third-order valence-corrected chi connectivity index (χ3v) is 4.37. The maximum atomic E-state index is 13.5. The Bertz CT molecular complexity index is 1020. The van der Waals surface area contributed by atoms with Gasteiger partial charge in [-0.1, -0.05) is 30.4 Å². The van der Waals surface area contributed by atoms with Gasteiger partial charge in [-0.2, -0.15) is 21.6 Å². The molecule has 0 aromatic heterocycles. The standard InChI is InChI=1S/C15H12F3NO6S2/c1-19(7-12(20)21)14(26)10-4-2-3-9-8(10)5-6-11(25-27(22,23)24)13(9)15(16,17)18/h2-6H,7H2,1H3,(H,20,21)(H,22,23,24)/p-1. The number of carbonyl (C=O) groups is 1. The summed E-state index contributed by atoms with van der Waals surface area (Å²) < 4.78 is 75.1. The molecule has 146 valence electrons. The number of likely N-dealkylation sites (N-methyl/N-ethyl adjacent to an activating group) is 1. The summed E-state index contributed by atoms with van der Waals surface area (Å²) in [5, 5.41) is 10.3. The number of benzene rings is 2. The van der Waals surface area contributed by atoms with E-state index in [0.29, 0.717) is 0 Å². The van der Waals surface area contributed by atoms with Crippen molar-refractivity contribution in [1.29, 1.82) is 0 Å². The second-order valence-corrected chi connectivity index (χ2v) is 6.79. The summed E-state index contributed by atoms with van der Waals surface area (Å²) >= 11 is 5.13. The van der Waals surface area contributed by atoms with Crippen molar-refractivity contribution >= 4 is 44.3 Å². The molecule has 0 saturated carbocycles. The molecule has 0 spiro atoms. The van der Waals surface area contributed by atoms with Gasteiger partial charge < -0.3 is 19.0 Å². The first kappa shape index (κ1) is 20.9. The average molecular weight is 422 g/mol. The van der Waals surface area contributed by atoms with Crippen LogP contribution in [0.4, 0.5) is 13.2 Å². The van der Waals surface area contributed by atoms with E-state index in [9.17, 15) is 31.5 Å². The van der Waals surface area contributed by atoms with Crippen molar-refractivity contribution < 1.29 is 40.2 Å². The molecule has 0 aliphatic carbocycles. The molecule has 0 unspecified atom stereocenters. The largest absolute Gasteiger partial charge is 0.548 e. The van der Waals surface area contributed by atoms with Crippen LogP contribution in [0.1, 0.15) is 11.1 Å². The summed E-state index contributed by atoms with van der Waals surface area (Å²) in [6.07, 6.45) is -5.02. The quantitative estimate of drug-likeness (QED) is 0.569. The van der Waals surface area contributed by atoms with Gasteiger partial charge in [0.25, 0.3) is 0 Å². The fourth-order valence-corrected chi connectivity index (χ4v) is 3.08. The van der Waals surface area contributed by atoms with Crippen LogP contribution in [0.5, 0.6) is 5.75 Å². The molecule has 0 aliphatic rings. The van der Waals surface area contributed by atoms with Crippen LogP contribution in [-0.2, 0) is 21.4 Å². The lowest BCUT2D eigenvalue weighted by Crippen LogP contribution is -2.38. The van der Waals surface area contributed by atoms with Gasteiger partial charge in [-0.25, -0.2) is 0 Å². The summed E-state index contributed by atoms with van der Waals surface area (Å²) in [5.74, 6) is -2.54. The van der Waals surface area contributed by atoms with Crippen LogP contribution in [0.2, 0.25) is 0 Å². The zero-order chi connectivity index (χ0) is 20.6. The van der Waals surface area contributed by atoms with E-state index in [0.717, 1.165) is 23.1 Å². The van der Waals surface area contributed by atoms with Crippen LogP contribution in [0.15, 0.2) is 30.3 Å². The van der Waals surface area contributed by atoms with Crippen molar-refractivity contribution in [3.05, 3.63) is 41.5 Å². The highest BCUT2D eigenvalue weighted by Crippen LogP contribution is 2.42. The van der Waals surface area contributed by atoms with E-state index in [4.69, 9.17) is 16.8 Å². The molecule has 27 heavy (non-hydrogen) atoms. The smallest absolute Gasteiger partial charge is 0.446 e. The van der Waals surface area contributed by atoms with E-state index in [1.54, 1.807) is 0 Å². The van der Waals surface area contributed by atoms with E-state index in [-0.39, 0.29) is 15.9 Å². The number of carboxylic acids is 1. The van der Waals surface area contributed by atoms with Gasteiger partial charge in [-0.05, 0) is 22.9 Å². The minimum Gasteiger partial charge on any atom is -0.548 e. The summed E-state index contributed by atoms with van der Waals surface area (Å²) in [7, 11) is -3.86. The molecular weight excluding hydrogens is 411 g/mol. The van der Waals surface area contributed by atoms with Crippen molar-refractivity contribution in [3.8, 4) is 5.75 Å². The lowest BCUT2D eigenvalue weighted by Gasteiger charge is -2.22. The number of thiocarbonyl (C=S) groups is 1. The first-order valence-corrected chi connectivity index (χ1v) is 8.83. The van der Waals surface area contributed by atoms with E-state index >= 15 is 0 Å². The monoisotopic (exact) mass is 422 g/mol. The van der Waals surface area contributed by atoms with E-state index in [1.165, 1.54) is 19.2 Å². The van der Waals surface area contributed by atoms with Gasteiger partial charge in [0.15, 0.2) is 5.75 Å². The van der Waals surface area contributed by atoms with Crippen LogP contribution in [0.3, 0.4) is 0 Å². The number of halogens is 3. The molecule has 0 bridgehead atoms. The van der Waals surface area contributed by atoms with Gasteiger partial charge in [-0.3, -0.25) is 4.55 Å². The molecule has 0 saturated heterocycles. The van der Waals surface area contributed by atoms with Gasteiger partial charge in [0, 0.05) is 12.6 Å². The number of aliphatic carboxylic acids is 1. The molecule has 0 amide bonds. The molecule has 0 heterocycles. The maximum Gasteiger partial charge on any atom is 0.446 e. The topological polar surface area (TPSA) is 107 Å². The van der Waals surface area contributed by atoms with E-state index < -0.39 is 45.8 Å². The number of fused-ring (bicyclic) bond motifs is 1. The average Bonchev–Trinajstić information content (AvgIpc) is 2.49. The van der Waals surface area contributed by atoms with Crippen LogP contribution in [0.25, 0.3) is 10.8 Å². The van der Waals surface area contributed by atoms with Crippen molar-refractivity contribution in [3.63, 3.8) is 0 Å². The highest BCUT2D eigenvalue weighted by Gasteiger charge is 2.38. The molecule has 2 rings (SSSR count). The Morgan fingerprint density at radius 3 is 2.41 bits per heavy atom. The number of rotatable bonds is 5. The fourth-order valence-electron chi connectivity index (χ4n) is 2.47. The summed E-state index contributed by atoms with van der Waals surface area (Å²) in [5.41, 5.74) is -1.31. The van der Waals surface area contributed by atoms with E-state index in [2.05, 4.69) is 4.18 Å². The zero-order valence-corrected chi connectivity index (χ0v) is 15.1. The number of hydrogen-bond acceptors (Lipinski definition) is 6. The number of nitrogens with zero attached hydrogens (tertiary/aromatic N) is 1. The van der Waals surface area contributed by atoms with Crippen molar-refractivity contribution in [1.82, 2.24) is 4.90 Å². The number of alkyl halides is 3.